The van der Waals surface area contributed by atoms with Crippen LogP contribution < -0.4 is 5.32 Å². The summed E-state index contributed by atoms with van der Waals surface area (Å²) in [7, 11) is 0. The number of amides is 1. The Labute approximate surface area is 179 Å². The number of nitrogens with zero attached hydrogens (tertiary/aromatic N) is 1. The molecule has 1 unspecified atom stereocenters. The van der Waals surface area contributed by atoms with Crippen molar-refractivity contribution in [3.63, 3.8) is 0 Å². The predicted molar refractivity (Wildman–Crippen MR) is 117 cm³/mol. The van der Waals surface area contributed by atoms with E-state index in [4.69, 9.17) is 4.74 Å². The first-order valence-electron chi connectivity index (χ1n) is 10.6. The number of nitrogens with one attached hydrogen (secondary N) is 1. The van der Waals surface area contributed by atoms with Crippen molar-refractivity contribution in [2.45, 2.75) is 70.9 Å². The Morgan fingerprint density at radius 2 is 1.80 bits per heavy atom. The second-order valence-electron chi connectivity index (χ2n) is 9.73. The molecule has 1 amide bonds. The first kappa shape index (κ1) is 22.0. The van der Waals surface area contributed by atoms with Gasteiger partial charge in [0.15, 0.2) is 0 Å². The molecule has 5 heteroatoms. The van der Waals surface area contributed by atoms with Crippen LogP contribution in [0, 0.1) is 5.92 Å². The highest BCUT2D eigenvalue weighted by molar-refractivity contribution is 5.80. The lowest BCUT2D eigenvalue weighted by atomic mass is 9.86. The highest BCUT2D eigenvalue weighted by Gasteiger charge is 2.36. The van der Waals surface area contributed by atoms with Crippen molar-refractivity contribution in [1.29, 1.82) is 0 Å². The molecule has 2 heterocycles. The molecule has 30 heavy (non-hydrogen) atoms. The van der Waals surface area contributed by atoms with Gasteiger partial charge in [0.1, 0.15) is 6.10 Å². The topological polar surface area (TPSA) is 68.3 Å². The van der Waals surface area contributed by atoms with Crippen LogP contribution in [0.25, 0.3) is 0 Å². The lowest BCUT2D eigenvalue weighted by Crippen LogP contribution is -2.42. The van der Waals surface area contributed by atoms with Crippen molar-refractivity contribution in [3.05, 3.63) is 65.5 Å². The van der Waals surface area contributed by atoms with Crippen LogP contribution in [0.2, 0.25) is 0 Å². The lowest BCUT2D eigenvalue weighted by Gasteiger charge is -2.26. The first-order valence-corrected chi connectivity index (χ1v) is 10.6. The van der Waals surface area contributed by atoms with E-state index < -0.39 is 5.54 Å². The molecule has 1 N–H and O–H groups in total. The number of pyridine rings is 1. The van der Waals surface area contributed by atoms with E-state index in [1.807, 2.05) is 32.0 Å². The molecular formula is C25H32N2O3. The van der Waals surface area contributed by atoms with Gasteiger partial charge in [0.2, 0.25) is 5.91 Å². The summed E-state index contributed by atoms with van der Waals surface area (Å²) in [6, 6.07) is 14.0. The fourth-order valence-corrected chi connectivity index (χ4v) is 3.84. The molecular weight excluding hydrogens is 376 g/mol. The number of carbonyl (C=O) groups excluding carboxylic acids is 2. The van der Waals surface area contributed by atoms with Crippen molar-refractivity contribution in [3.8, 4) is 0 Å². The molecule has 0 aliphatic carbocycles. The molecule has 160 valence electrons. The molecule has 1 aliphatic heterocycles. The summed E-state index contributed by atoms with van der Waals surface area (Å²) >= 11 is 0. The van der Waals surface area contributed by atoms with Gasteiger partial charge < -0.3 is 10.1 Å². The molecule has 2 aromatic rings. The van der Waals surface area contributed by atoms with Gasteiger partial charge in [-0.05, 0) is 55.4 Å². The van der Waals surface area contributed by atoms with Gasteiger partial charge in [0, 0.05) is 6.20 Å². The minimum Gasteiger partial charge on any atom is -0.462 e. The maximum Gasteiger partial charge on any atom is 0.309 e. The Hall–Kier alpha value is -2.69. The van der Waals surface area contributed by atoms with Crippen LogP contribution in [-0.2, 0) is 31.7 Å². The quantitative estimate of drug-likeness (QED) is 0.724. The van der Waals surface area contributed by atoms with Crippen LogP contribution in [0.15, 0.2) is 48.7 Å². The van der Waals surface area contributed by atoms with Crippen molar-refractivity contribution >= 4 is 11.9 Å². The predicted octanol–water partition coefficient (Wildman–Crippen LogP) is 4.29. The minimum absolute atomic E-state index is 0.103. The van der Waals surface area contributed by atoms with Crippen LogP contribution in [-0.4, -0.2) is 23.0 Å². The van der Waals surface area contributed by atoms with E-state index in [9.17, 15) is 9.59 Å². The normalized spacial score (nSPS) is 19.4. The van der Waals surface area contributed by atoms with Gasteiger partial charge in [-0.3, -0.25) is 14.6 Å². The van der Waals surface area contributed by atoms with Gasteiger partial charge in [0.25, 0.3) is 0 Å². The van der Waals surface area contributed by atoms with Gasteiger partial charge in [-0.2, -0.15) is 0 Å². The van der Waals surface area contributed by atoms with Crippen LogP contribution in [0.1, 0.15) is 64.3 Å². The summed E-state index contributed by atoms with van der Waals surface area (Å²) in [6.07, 6.45) is 2.70. The van der Waals surface area contributed by atoms with E-state index in [2.05, 4.69) is 55.3 Å². The number of ether oxygens (including phenoxy) is 1. The number of benzene rings is 1. The second kappa shape index (κ2) is 8.58. The Kier molecular flexibility index (Phi) is 6.30. The molecule has 0 radical (unpaired) electrons. The van der Waals surface area contributed by atoms with E-state index in [-0.39, 0.29) is 35.7 Å². The van der Waals surface area contributed by atoms with Crippen molar-refractivity contribution < 1.29 is 14.3 Å². The van der Waals surface area contributed by atoms with Crippen molar-refractivity contribution in [2.24, 2.45) is 5.92 Å². The number of esters is 1. The molecule has 0 bridgehead atoms. The summed E-state index contributed by atoms with van der Waals surface area (Å²) in [4.78, 5) is 29.2. The van der Waals surface area contributed by atoms with Crippen molar-refractivity contribution in [1.82, 2.24) is 10.3 Å². The van der Waals surface area contributed by atoms with Crippen LogP contribution in [0.4, 0.5) is 0 Å². The minimum atomic E-state index is -0.588. The zero-order valence-electron chi connectivity index (χ0n) is 18.6. The maximum absolute atomic E-state index is 12.6. The third-order valence-electron chi connectivity index (χ3n) is 5.64. The van der Waals surface area contributed by atoms with Gasteiger partial charge >= 0.3 is 5.97 Å². The molecule has 1 aromatic carbocycles. The Morgan fingerprint density at radius 1 is 1.10 bits per heavy atom. The molecule has 0 spiro atoms. The smallest absolute Gasteiger partial charge is 0.309 e. The van der Waals surface area contributed by atoms with E-state index in [0.29, 0.717) is 12.8 Å². The monoisotopic (exact) mass is 408 g/mol. The second-order valence-corrected chi connectivity index (χ2v) is 9.73. The maximum atomic E-state index is 12.6. The highest BCUT2D eigenvalue weighted by atomic mass is 16.6. The van der Waals surface area contributed by atoms with E-state index >= 15 is 0 Å². The number of hydrogen-bond donors (Lipinski definition) is 1. The molecule has 3 rings (SSSR count). The van der Waals surface area contributed by atoms with Crippen LogP contribution in [0.3, 0.4) is 0 Å². The molecule has 1 aliphatic rings. The Bertz CT molecular complexity index is 883. The van der Waals surface area contributed by atoms with E-state index in [1.165, 1.54) is 5.56 Å². The van der Waals surface area contributed by atoms with Crippen LogP contribution >= 0.6 is 0 Å². The average molecular weight is 409 g/mol. The third kappa shape index (κ3) is 5.47. The van der Waals surface area contributed by atoms with Gasteiger partial charge in [0.05, 0.1) is 23.6 Å². The molecule has 1 saturated heterocycles. The van der Waals surface area contributed by atoms with E-state index in [0.717, 1.165) is 11.3 Å². The number of aromatic nitrogens is 1. The number of rotatable bonds is 6. The third-order valence-corrected chi connectivity index (χ3v) is 5.64. The fourth-order valence-electron chi connectivity index (χ4n) is 3.84. The lowest BCUT2D eigenvalue weighted by molar-refractivity contribution is -0.145. The standard InChI is InChI=1S/C25H32N2O3/c1-24(2,3)19-11-9-17(10-12-19)14-18-15-20(30-23(18)29)16-22(28)27-25(4,5)21-8-6-7-13-26-21/h6-13,18,20H,14-16H2,1-5H3,(H,27,28)/t18?,20-/m1/s1. The summed E-state index contributed by atoms with van der Waals surface area (Å²) in [5.41, 5.74) is 2.69. The summed E-state index contributed by atoms with van der Waals surface area (Å²) < 4.78 is 5.50. The van der Waals surface area contributed by atoms with Gasteiger partial charge in [-0.15, -0.1) is 0 Å². The summed E-state index contributed by atoms with van der Waals surface area (Å²) in [5.74, 6) is -0.553. The SMILES string of the molecule is CC(C)(C)c1ccc(CC2C[C@H](CC(=O)NC(C)(C)c3ccccn3)OC2=O)cc1. The van der Waals surface area contributed by atoms with Gasteiger partial charge in [-0.1, -0.05) is 51.1 Å². The number of cyclic esters (lactones) is 1. The summed E-state index contributed by atoms with van der Waals surface area (Å²) in [6.45, 7) is 10.4. The number of carbonyl (C=O) groups is 2. The molecule has 1 fully saturated rings. The fraction of sp³-hybridized carbons (Fsp3) is 0.480. The molecule has 5 nitrogen and oxygen atoms in total. The molecule has 0 saturated carbocycles. The molecule has 1 aromatic heterocycles. The zero-order chi connectivity index (χ0) is 21.9. The van der Waals surface area contributed by atoms with Gasteiger partial charge in [-0.25, -0.2) is 0 Å². The number of hydrogen-bond acceptors (Lipinski definition) is 4. The largest absolute Gasteiger partial charge is 0.462 e. The first-order chi connectivity index (χ1) is 14.0. The Morgan fingerprint density at radius 3 is 2.40 bits per heavy atom. The molecule has 2 atom stereocenters. The van der Waals surface area contributed by atoms with Crippen molar-refractivity contribution in [2.75, 3.05) is 0 Å². The average Bonchev–Trinajstić information content (AvgIpc) is 3.00. The zero-order valence-corrected chi connectivity index (χ0v) is 18.6. The summed E-state index contributed by atoms with van der Waals surface area (Å²) in [5, 5.41) is 3.01. The highest BCUT2D eigenvalue weighted by Crippen LogP contribution is 2.29. The Balaban J connectivity index is 1.55. The van der Waals surface area contributed by atoms with E-state index in [1.54, 1.807) is 6.20 Å². The van der Waals surface area contributed by atoms with Crippen LogP contribution in [0.5, 0.6) is 0 Å².